The molecule has 2 heterocycles. The first-order valence-electron chi connectivity index (χ1n) is 14.0. The van der Waals surface area contributed by atoms with Crippen molar-refractivity contribution in [3.63, 3.8) is 0 Å². The molecule has 0 spiro atoms. The van der Waals surface area contributed by atoms with Crippen LogP contribution in [0.5, 0.6) is 0 Å². The van der Waals surface area contributed by atoms with Gasteiger partial charge in [0.1, 0.15) is 11.3 Å². The summed E-state index contributed by atoms with van der Waals surface area (Å²) < 4.78 is 0. The molecule has 3 aliphatic carbocycles. The fraction of sp³-hybridized carbons (Fsp3) is 0.690. The molecule has 1 saturated heterocycles. The van der Waals surface area contributed by atoms with E-state index in [1.807, 2.05) is 12.2 Å². The lowest BCUT2D eigenvalue weighted by Crippen LogP contribution is -2.50. The number of halogens is 1. The van der Waals surface area contributed by atoms with Gasteiger partial charge in [0, 0.05) is 6.54 Å². The Hall–Kier alpha value is -2.12. The summed E-state index contributed by atoms with van der Waals surface area (Å²) in [5.74, 6) is 0.670. The number of hydrogen-bond donors (Lipinski definition) is 4. The van der Waals surface area contributed by atoms with E-state index in [0.29, 0.717) is 49.5 Å². The van der Waals surface area contributed by atoms with Gasteiger partial charge in [-0.25, -0.2) is 0 Å². The van der Waals surface area contributed by atoms with Crippen molar-refractivity contribution >= 4 is 29.2 Å². The lowest BCUT2D eigenvalue weighted by molar-refractivity contribution is -0.118. The molecule has 202 valence electrons. The van der Waals surface area contributed by atoms with E-state index in [1.165, 1.54) is 6.08 Å². The van der Waals surface area contributed by atoms with Crippen molar-refractivity contribution in [3.8, 4) is 0 Å². The van der Waals surface area contributed by atoms with Gasteiger partial charge in [0.25, 0.3) is 5.91 Å². The van der Waals surface area contributed by atoms with Gasteiger partial charge in [0.2, 0.25) is 5.91 Å². The summed E-state index contributed by atoms with van der Waals surface area (Å²) in [6.07, 6.45) is 10.7. The van der Waals surface area contributed by atoms with Gasteiger partial charge in [-0.2, -0.15) is 0 Å². The standard InChI is InChI=1S/C29H39ClN2O5/c1-3-16-14(2)12-18-19-13-15-9-10-21(33)25-27(35)20(32-29(25)37)7-5-11-31-22(34)8-4-6-17(15)24(19)28(36)26(30)23(16)18/h4,8-10,14-20,23-24,26,28,33,36H,3,5-7,11-13H2,1-2H3,(H,31,34)(H,32,37)/b8-4-,10-9+,25-21?/t14-,15-,16-,17+,18-,19-,20-,23+,24-,26+,28+/m1/s1. The number of carbonyl (C=O) groups excluding carboxylic acids is 3. The third-order valence-electron chi connectivity index (χ3n) is 10.1. The first-order valence-corrected chi connectivity index (χ1v) is 14.4. The molecule has 0 aromatic rings. The SMILES string of the molecule is CC[C@H]1[C@@H]2[C@H](Cl)[C@@H](O)[C@H]3[C@H](C[C@H]4/C=C/C(O)=C5C(=O)N[C@H](CCCNC(=O)/C=C\C[C@H]34)C5=O)[C@H]2C[C@H]1C. The number of fused-ring (bicyclic) bond motifs is 7. The Bertz CT molecular complexity index is 1040. The third kappa shape index (κ3) is 4.67. The molecule has 4 fully saturated rings. The molecule has 11 atom stereocenters. The van der Waals surface area contributed by atoms with Crippen LogP contribution in [0.1, 0.15) is 52.4 Å². The molecule has 7 nitrogen and oxygen atoms in total. The molecule has 37 heavy (non-hydrogen) atoms. The average molecular weight is 531 g/mol. The van der Waals surface area contributed by atoms with Gasteiger partial charge in [-0.3, -0.25) is 14.4 Å². The number of carbonyl (C=O) groups is 3. The predicted molar refractivity (Wildman–Crippen MR) is 140 cm³/mol. The molecule has 4 N–H and O–H groups in total. The zero-order valence-electron chi connectivity index (χ0n) is 21.6. The minimum atomic E-state index is -0.691. The lowest BCUT2D eigenvalue weighted by Gasteiger charge is -2.46. The van der Waals surface area contributed by atoms with E-state index in [-0.39, 0.29) is 46.3 Å². The highest BCUT2D eigenvalue weighted by molar-refractivity contribution is 6.27. The van der Waals surface area contributed by atoms with Gasteiger partial charge in [0.05, 0.1) is 17.5 Å². The van der Waals surface area contributed by atoms with Crippen LogP contribution in [0.25, 0.3) is 0 Å². The lowest BCUT2D eigenvalue weighted by atomic mass is 9.63. The largest absolute Gasteiger partial charge is 0.507 e. The zero-order chi connectivity index (χ0) is 26.4. The number of nitrogens with one attached hydrogen (secondary N) is 2. The van der Waals surface area contributed by atoms with Gasteiger partial charge >= 0.3 is 0 Å². The molecule has 3 saturated carbocycles. The molecule has 0 unspecified atom stereocenters. The maximum absolute atomic E-state index is 12.8. The van der Waals surface area contributed by atoms with Gasteiger partial charge in [-0.05, 0) is 91.6 Å². The van der Waals surface area contributed by atoms with Crippen molar-refractivity contribution in [2.45, 2.75) is 69.9 Å². The zero-order valence-corrected chi connectivity index (χ0v) is 22.4. The highest BCUT2D eigenvalue weighted by Gasteiger charge is 2.60. The molecule has 5 aliphatic rings. The number of hydrogen-bond acceptors (Lipinski definition) is 5. The maximum Gasteiger partial charge on any atom is 0.259 e. The maximum atomic E-state index is 12.8. The van der Waals surface area contributed by atoms with Crippen LogP contribution in [0.3, 0.4) is 0 Å². The molecule has 2 aliphatic heterocycles. The first kappa shape index (κ1) is 26.5. The van der Waals surface area contributed by atoms with Crippen LogP contribution in [-0.2, 0) is 14.4 Å². The Morgan fingerprint density at radius 2 is 1.84 bits per heavy atom. The molecule has 5 rings (SSSR count). The molecule has 8 heteroatoms. The van der Waals surface area contributed by atoms with Gasteiger partial charge < -0.3 is 20.8 Å². The number of rotatable bonds is 1. The van der Waals surface area contributed by atoms with Crippen molar-refractivity contribution in [1.82, 2.24) is 10.6 Å². The van der Waals surface area contributed by atoms with Crippen molar-refractivity contribution in [2.24, 2.45) is 47.3 Å². The molecule has 0 radical (unpaired) electrons. The number of amides is 2. The second-order valence-electron chi connectivity index (χ2n) is 11.8. The number of alkyl halides is 1. The van der Waals surface area contributed by atoms with E-state index in [2.05, 4.69) is 24.5 Å². The van der Waals surface area contributed by atoms with Crippen molar-refractivity contribution in [1.29, 1.82) is 0 Å². The predicted octanol–water partition coefficient (Wildman–Crippen LogP) is 3.43. The number of allylic oxidation sites excluding steroid dienone is 3. The molecule has 2 bridgehead atoms. The summed E-state index contributed by atoms with van der Waals surface area (Å²) in [5.41, 5.74) is -0.194. The molecular formula is C29H39ClN2O5. The number of ketones is 1. The van der Waals surface area contributed by atoms with Crippen LogP contribution in [0.4, 0.5) is 0 Å². The summed E-state index contributed by atoms with van der Waals surface area (Å²) in [4.78, 5) is 37.7. The smallest absolute Gasteiger partial charge is 0.259 e. The first-order chi connectivity index (χ1) is 17.7. The Labute approximate surface area is 223 Å². The van der Waals surface area contributed by atoms with Crippen LogP contribution < -0.4 is 10.6 Å². The van der Waals surface area contributed by atoms with Gasteiger partial charge in [-0.15, -0.1) is 11.6 Å². The van der Waals surface area contributed by atoms with Crippen LogP contribution in [0.2, 0.25) is 0 Å². The second-order valence-corrected chi connectivity index (χ2v) is 12.4. The van der Waals surface area contributed by atoms with Crippen LogP contribution in [0, 0.1) is 47.3 Å². The number of aliphatic hydroxyl groups is 2. The fourth-order valence-electron chi connectivity index (χ4n) is 8.51. The summed E-state index contributed by atoms with van der Waals surface area (Å²) in [6, 6.07) is -0.691. The molecule has 2 amide bonds. The fourth-order valence-corrected chi connectivity index (χ4v) is 9.05. The summed E-state index contributed by atoms with van der Waals surface area (Å²) in [7, 11) is 0. The Balaban J connectivity index is 1.49. The molecule has 0 aromatic carbocycles. The highest BCUT2D eigenvalue weighted by atomic mass is 35.5. The Kier molecular flexibility index (Phi) is 7.56. The quantitative estimate of drug-likeness (QED) is 0.306. The van der Waals surface area contributed by atoms with Crippen molar-refractivity contribution in [2.75, 3.05) is 6.54 Å². The van der Waals surface area contributed by atoms with Crippen molar-refractivity contribution in [3.05, 3.63) is 35.6 Å². The highest BCUT2D eigenvalue weighted by Crippen LogP contribution is 2.62. The Morgan fingerprint density at radius 1 is 1.08 bits per heavy atom. The topological polar surface area (TPSA) is 116 Å². The number of Topliss-reactive ketones (excluding diaryl/α,β-unsaturated/α-hetero) is 1. The van der Waals surface area contributed by atoms with E-state index < -0.39 is 23.8 Å². The van der Waals surface area contributed by atoms with Gasteiger partial charge in [0.15, 0.2) is 5.78 Å². The van der Waals surface area contributed by atoms with E-state index in [1.54, 1.807) is 6.08 Å². The summed E-state index contributed by atoms with van der Waals surface area (Å²) in [5, 5.41) is 27.5. The summed E-state index contributed by atoms with van der Waals surface area (Å²) >= 11 is 7.00. The summed E-state index contributed by atoms with van der Waals surface area (Å²) in [6.45, 7) is 4.90. The van der Waals surface area contributed by atoms with Crippen LogP contribution >= 0.6 is 11.6 Å². The van der Waals surface area contributed by atoms with E-state index in [0.717, 1.165) is 19.3 Å². The minimum absolute atomic E-state index is 0.0108. The minimum Gasteiger partial charge on any atom is -0.507 e. The Morgan fingerprint density at radius 3 is 2.59 bits per heavy atom. The van der Waals surface area contributed by atoms with E-state index in [4.69, 9.17) is 11.6 Å². The van der Waals surface area contributed by atoms with E-state index in [9.17, 15) is 24.6 Å². The monoisotopic (exact) mass is 530 g/mol. The second kappa shape index (κ2) is 10.6. The third-order valence-corrected chi connectivity index (χ3v) is 10.6. The van der Waals surface area contributed by atoms with Crippen LogP contribution in [0.15, 0.2) is 35.6 Å². The molecule has 0 aromatic heterocycles. The van der Waals surface area contributed by atoms with E-state index >= 15 is 0 Å². The average Bonchev–Trinajstić information content (AvgIpc) is 3.48. The van der Waals surface area contributed by atoms with Gasteiger partial charge in [-0.1, -0.05) is 32.4 Å². The van der Waals surface area contributed by atoms with Crippen LogP contribution in [-0.4, -0.2) is 51.9 Å². The molecular weight excluding hydrogens is 492 g/mol. The van der Waals surface area contributed by atoms with Crippen molar-refractivity contribution < 1.29 is 24.6 Å². The normalized spacial score (nSPS) is 46.1. The number of aliphatic hydroxyl groups excluding tert-OH is 2.